The molecule has 0 aliphatic heterocycles. The SMILES string of the molecule is CC1CCC(C(=O)N(CC(=O)O)c2ccc(Cl)cc2)CC1. The predicted octanol–water partition coefficient (Wildman–Crippen LogP) is 3.58. The molecule has 1 N–H and O–H groups in total. The van der Waals surface area contributed by atoms with Crippen LogP contribution in [0.25, 0.3) is 0 Å². The van der Waals surface area contributed by atoms with Crippen LogP contribution in [0.2, 0.25) is 5.02 Å². The molecule has 1 amide bonds. The molecule has 4 nitrogen and oxygen atoms in total. The molecule has 0 unspecified atom stereocenters. The molecule has 1 aromatic carbocycles. The van der Waals surface area contributed by atoms with Gasteiger partial charge in [-0.2, -0.15) is 0 Å². The summed E-state index contributed by atoms with van der Waals surface area (Å²) in [4.78, 5) is 25.1. The van der Waals surface area contributed by atoms with Gasteiger partial charge in [0, 0.05) is 16.6 Å². The van der Waals surface area contributed by atoms with Gasteiger partial charge in [-0.15, -0.1) is 0 Å². The smallest absolute Gasteiger partial charge is 0.323 e. The van der Waals surface area contributed by atoms with Gasteiger partial charge < -0.3 is 10.0 Å². The summed E-state index contributed by atoms with van der Waals surface area (Å²) < 4.78 is 0. The third kappa shape index (κ3) is 4.21. The van der Waals surface area contributed by atoms with Gasteiger partial charge >= 0.3 is 5.97 Å². The van der Waals surface area contributed by atoms with E-state index in [-0.39, 0.29) is 18.4 Å². The fourth-order valence-electron chi connectivity index (χ4n) is 2.78. The lowest BCUT2D eigenvalue weighted by Gasteiger charge is -2.30. The normalized spacial score (nSPS) is 21.8. The summed E-state index contributed by atoms with van der Waals surface area (Å²) in [7, 11) is 0. The molecular formula is C16H20ClNO3. The first-order valence-electron chi connectivity index (χ1n) is 7.26. The lowest BCUT2D eigenvalue weighted by Crippen LogP contribution is -2.40. The highest BCUT2D eigenvalue weighted by Crippen LogP contribution is 2.31. The van der Waals surface area contributed by atoms with Gasteiger partial charge in [-0.05, 0) is 55.9 Å². The molecule has 2 rings (SSSR count). The van der Waals surface area contributed by atoms with Gasteiger partial charge in [0.1, 0.15) is 6.54 Å². The number of anilines is 1. The molecule has 5 heteroatoms. The number of amides is 1. The van der Waals surface area contributed by atoms with Gasteiger partial charge in [0.05, 0.1) is 0 Å². The summed E-state index contributed by atoms with van der Waals surface area (Å²) >= 11 is 5.85. The fourth-order valence-corrected chi connectivity index (χ4v) is 2.91. The van der Waals surface area contributed by atoms with Crippen molar-refractivity contribution < 1.29 is 14.7 Å². The molecule has 1 aromatic rings. The molecule has 0 spiro atoms. The minimum Gasteiger partial charge on any atom is -0.480 e. The maximum atomic E-state index is 12.7. The Labute approximate surface area is 129 Å². The summed E-state index contributed by atoms with van der Waals surface area (Å²) in [5.41, 5.74) is 0.588. The van der Waals surface area contributed by atoms with E-state index in [0.717, 1.165) is 25.7 Å². The van der Waals surface area contributed by atoms with Crippen LogP contribution in [0, 0.1) is 11.8 Å². The maximum Gasteiger partial charge on any atom is 0.323 e. The Bertz CT molecular complexity index is 507. The Morgan fingerprint density at radius 3 is 2.29 bits per heavy atom. The zero-order valence-electron chi connectivity index (χ0n) is 12.1. The summed E-state index contributed by atoms with van der Waals surface area (Å²) in [6.45, 7) is 1.88. The topological polar surface area (TPSA) is 57.6 Å². The van der Waals surface area contributed by atoms with Crippen molar-refractivity contribution in [1.29, 1.82) is 0 Å². The quantitative estimate of drug-likeness (QED) is 0.924. The third-order valence-electron chi connectivity index (χ3n) is 4.06. The number of rotatable bonds is 4. The molecule has 0 atom stereocenters. The lowest BCUT2D eigenvalue weighted by molar-refractivity contribution is -0.137. The highest BCUT2D eigenvalue weighted by Gasteiger charge is 2.29. The Balaban J connectivity index is 2.17. The summed E-state index contributed by atoms with van der Waals surface area (Å²) in [5, 5.41) is 9.63. The minimum absolute atomic E-state index is 0.0729. The molecule has 0 saturated heterocycles. The van der Waals surface area contributed by atoms with Crippen molar-refractivity contribution in [2.45, 2.75) is 32.6 Å². The Hall–Kier alpha value is -1.55. The molecule has 114 valence electrons. The highest BCUT2D eigenvalue weighted by molar-refractivity contribution is 6.30. The zero-order chi connectivity index (χ0) is 15.4. The van der Waals surface area contributed by atoms with Crippen molar-refractivity contribution in [1.82, 2.24) is 0 Å². The summed E-state index contributed by atoms with van der Waals surface area (Å²) in [6, 6.07) is 6.72. The van der Waals surface area contributed by atoms with Gasteiger partial charge in [-0.25, -0.2) is 0 Å². The number of carboxylic acids is 1. The molecule has 1 saturated carbocycles. The molecule has 0 heterocycles. The van der Waals surface area contributed by atoms with Crippen molar-refractivity contribution in [2.75, 3.05) is 11.4 Å². The monoisotopic (exact) mass is 309 g/mol. The standard InChI is InChI=1S/C16H20ClNO3/c1-11-2-4-12(5-3-11)16(21)18(10-15(19)20)14-8-6-13(17)7-9-14/h6-9,11-12H,2-5,10H2,1H3,(H,19,20). The summed E-state index contributed by atoms with van der Waals surface area (Å²) in [5.74, 6) is -0.525. The highest BCUT2D eigenvalue weighted by atomic mass is 35.5. The van der Waals surface area contributed by atoms with Gasteiger partial charge in [0.25, 0.3) is 0 Å². The average Bonchev–Trinajstić information content (AvgIpc) is 2.46. The first kappa shape index (κ1) is 15.8. The lowest BCUT2D eigenvalue weighted by atomic mass is 9.82. The minimum atomic E-state index is -1.01. The molecular weight excluding hydrogens is 290 g/mol. The molecule has 0 radical (unpaired) electrons. The van der Waals surface area contributed by atoms with E-state index in [1.165, 1.54) is 4.90 Å². The van der Waals surface area contributed by atoms with Crippen molar-refractivity contribution in [2.24, 2.45) is 11.8 Å². The fraction of sp³-hybridized carbons (Fsp3) is 0.500. The Morgan fingerprint density at radius 1 is 1.19 bits per heavy atom. The van der Waals surface area contributed by atoms with Crippen molar-refractivity contribution in [3.8, 4) is 0 Å². The molecule has 0 aromatic heterocycles. The van der Waals surface area contributed by atoms with Gasteiger partial charge in [-0.1, -0.05) is 18.5 Å². The van der Waals surface area contributed by atoms with E-state index in [2.05, 4.69) is 6.92 Å². The first-order chi connectivity index (χ1) is 9.97. The van der Waals surface area contributed by atoms with Gasteiger partial charge in [0.15, 0.2) is 0 Å². The van der Waals surface area contributed by atoms with Crippen LogP contribution in [0.3, 0.4) is 0 Å². The Morgan fingerprint density at radius 2 is 1.76 bits per heavy atom. The van der Waals surface area contributed by atoms with Crippen molar-refractivity contribution >= 4 is 29.2 Å². The number of benzene rings is 1. The molecule has 21 heavy (non-hydrogen) atoms. The third-order valence-corrected chi connectivity index (χ3v) is 4.31. The first-order valence-corrected chi connectivity index (χ1v) is 7.64. The number of aliphatic carboxylic acids is 1. The second-order valence-electron chi connectivity index (χ2n) is 5.75. The summed E-state index contributed by atoms with van der Waals surface area (Å²) in [6.07, 6.45) is 3.73. The maximum absolute atomic E-state index is 12.7. The van der Waals surface area contributed by atoms with E-state index < -0.39 is 5.97 Å². The van der Waals surface area contributed by atoms with E-state index in [9.17, 15) is 9.59 Å². The van der Waals surface area contributed by atoms with Crippen LogP contribution in [0.15, 0.2) is 24.3 Å². The number of hydrogen-bond acceptors (Lipinski definition) is 2. The van der Waals surface area contributed by atoms with E-state index in [1.54, 1.807) is 24.3 Å². The van der Waals surface area contributed by atoms with Crippen LogP contribution in [-0.4, -0.2) is 23.5 Å². The molecule has 1 aliphatic rings. The van der Waals surface area contributed by atoms with Gasteiger partial charge in [0.2, 0.25) is 5.91 Å². The predicted molar refractivity (Wildman–Crippen MR) is 82.6 cm³/mol. The number of carbonyl (C=O) groups is 2. The van der Waals surface area contributed by atoms with Crippen LogP contribution in [-0.2, 0) is 9.59 Å². The van der Waals surface area contributed by atoms with E-state index in [4.69, 9.17) is 16.7 Å². The van der Waals surface area contributed by atoms with Crippen molar-refractivity contribution in [3.63, 3.8) is 0 Å². The number of hydrogen-bond donors (Lipinski definition) is 1. The molecule has 1 fully saturated rings. The molecule has 0 bridgehead atoms. The number of carboxylic acid groups (broad SMARTS) is 1. The van der Waals surface area contributed by atoms with E-state index >= 15 is 0 Å². The second kappa shape index (κ2) is 6.94. The second-order valence-corrected chi connectivity index (χ2v) is 6.19. The van der Waals surface area contributed by atoms with E-state index in [0.29, 0.717) is 16.6 Å². The van der Waals surface area contributed by atoms with Crippen LogP contribution >= 0.6 is 11.6 Å². The molecule has 1 aliphatic carbocycles. The van der Waals surface area contributed by atoms with Crippen LogP contribution < -0.4 is 4.90 Å². The number of halogens is 1. The zero-order valence-corrected chi connectivity index (χ0v) is 12.8. The van der Waals surface area contributed by atoms with Crippen LogP contribution in [0.4, 0.5) is 5.69 Å². The van der Waals surface area contributed by atoms with E-state index in [1.807, 2.05) is 0 Å². The van der Waals surface area contributed by atoms with Gasteiger partial charge in [-0.3, -0.25) is 9.59 Å². The Kier molecular flexibility index (Phi) is 5.23. The van der Waals surface area contributed by atoms with Crippen molar-refractivity contribution in [3.05, 3.63) is 29.3 Å². The largest absolute Gasteiger partial charge is 0.480 e. The average molecular weight is 310 g/mol. The number of nitrogens with zero attached hydrogens (tertiary/aromatic N) is 1. The van der Waals surface area contributed by atoms with Crippen LogP contribution in [0.5, 0.6) is 0 Å². The number of carbonyl (C=O) groups excluding carboxylic acids is 1. The van der Waals surface area contributed by atoms with Crippen LogP contribution in [0.1, 0.15) is 32.6 Å².